The van der Waals surface area contributed by atoms with E-state index in [0.29, 0.717) is 23.3 Å². The minimum atomic E-state index is 0.285. The van der Waals surface area contributed by atoms with Gasteiger partial charge in [-0.05, 0) is 42.3 Å². The Balaban J connectivity index is 2.41. The lowest BCUT2D eigenvalue weighted by Crippen LogP contribution is -2.07. The fraction of sp³-hybridized carbons (Fsp3) is 0. The number of anilines is 2. The van der Waals surface area contributed by atoms with Crippen molar-refractivity contribution in [2.75, 3.05) is 11.1 Å². The van der Waals surface area contributed by atoms with Crippen molar-refractivity contribution in [3.8, 4) is 0 Å². The number of hydrogen-bond donors (Lipinski definition) is 4. The molecule has 0 unspecified atom stereocenters. The van der Waals surface area contributed by atoms with Gasteiger partial charge in [0.25, 0.3) is 0 Å². The zero-order chi connectivity index (χ0) is 14.5. The van der Waals surface area contributed by atoms with E-state index in [0.717, 1.165) is 22.4 Å². The lowest BCUT2D eigenvalue weighted by molar-refractivity contribution is -0.105. The van der Waals surface area contributed by atoms with Crippen LogP contribution in [0.1, 0.15) is 11.1 Å². The molecule has 6 heteroatoms. The zero-order valence-corrected chi connectivity index (χ0v) is 11.4. The molecule has 0 saturated carbocycles. The van der Waals surface area contributed by atoms with E-state index in [-0.39, 0.29) is 5.71 Å². The highest BCUT2D eigenvalue weighted by molar-refractivity contribution is 7.97. The first kappa shape index (κ1) is 14.1. The zero-order valence-electron chi connectivity index (χ0n) is 10.6. The first-order valence-corrected chi connectivity index (χ1v) is 6.69. The summed E-state index contributed by atoms with van der Waals surface area (Å²) < 4.78 is 0. The highest BCUT2D eigenvalue weighted by Gasteiger charge is 2.10. The summed E-state index contributed by atoms with van der Waals surface area (Å²) in [4.78, 5) is 11.3. The summed E-state index contributed by atoms with van der Waals surface area (Å²) in [6.45, 7) is 0. The van der Waals surface area contributed by atoms with Gasteiger partial charge in [-0.2, -0.15) is 0 Å². The average Bonchev–Trinajstić information content (AvgIpc) is 2.49. The van der Waals surface area contributed by atoms with Crippen molar-refractivity contribution < 1.29 is 4.79 Å². The Morgan fingerprint density at radius 1 is 1.25 bits per heavy atom. The van der Waals surface area contributed by atoms with Gasteiger partial charge in [-0.25, -0.2) is 0 Å². The lowest BCUT2D eigenvalue weighted by atomic mass is 10.0. The Bertz CT molecular complexity index is 657. The van der Waals surface area contributed by atoms with Gasteiger partial charge in [0, 0.05) is 27.4 Å². The van der Waals surface area contributed by atoms with Crippen LogP contribution in [0.15, 0.2) is 47.4 Å². The maximum atomic E-state index is 10.5. The normalized spacial score (nSPS) is 10.1. The van der Waals surface area contributed by atoms with Gasteiger partial charge >= 0.3 is 0 Å². The predicted octanol–water partition coefficient (Wildman–Crippen LogP) is 2.22. The highest BCUT2D eigenvalue weighted by atomic mass is 32.2. The van der Waals surface area contributed by atoms with Crippen molar-refractivity contribution in [3.05, 3.63) is 53.6 Å². The first-order valence-electron chi connectivity index (χ1n) is 5.81. The van der Waals surface area contributed by atoms with E-state index in [9.17, 15) is 4.79 Å². The van der Waals surface area contributed by atoms with E-state index >= 15 is 0 Å². The Morgan fingerprint density at radius 3 is 2.75 bits per heavy atom. The quantitative estimate of drug-likeness (QED) is 0.293. The molecule has 0 atom stereocenters. The first-order chi connectivity index (χ1) is 9.65. The predicted molar refractivity (Wildman–Crippen MR) is 83.0 cm³/mol. The molecule has 0 aliphatic heterocycles. The minimum Gasteiger partial charge on any atom is -0.398 e. The lowest BCUT2D eigenvalue weighted by Gasteiger charge is -2.10. The van der Waals surface area contributed by atoms with Gasteiger partial charge in [-0.3, -0.25) is 15.3 Å². The number of rotatable bonds is 5. The van der Waals surface area contributed by atoms with Gasteiger partial charge in [0.05, 0.1) is 5.71 Å². The number of benzene rings is 2. The van der Waals surface area contributed by atoms with Crippen LogP contribution >= 0.6 is 11.9 Å². The third-order valence-electron chi connectivity index (χ3n) is 2.81. The molecule has 0 bridgehead atoms. The van der Waals surface area contributed by atoms with Crippen molar-refractivity contribution in [2.24, 2.45) is 5.14 Å². The van der Waals surface area contributed by atoms with Gasteiger partial charge in [0.2, 0.25) is 6.41 Å². The number of nitrogens with two attached hydrogens (primary N) is 2. The minimum absolute atomic E-state index is 0.285. The van der Waals surface area contributed by atoms with Crippen LogP contribution in [0.4, 0.5) is 11.4 Å². The number of nitrogens with one attached hydrogen (secondary N) is 2. The molecular formula is C14H14N4OS. The standard InChI is InChI=1S/C14H14N4OS/c15-13-5-4-10(18-8-19)7-12(13)14(16)9-2-1-3-11(6-9)20-17/h1-8,16H,15,17H2,(H,18,19). The summed E-state index contributed by atoms with van der Waals surface area (Å²) in [5, 5.41) is 16.3. The van der Waals surface area contributed by atoms with Gasteiger partial charge in [-0.1, -0.05) is 12.1 Å². The molecule has 0 aromatic heterocycles. The van der Waals surface area contributed by atoms with Crippen molar-refractivity contribution in [2.45, 2.75) is 4.90 Å². The Morgan fingerprint density at radius 2 is 2.05 bits per heavy atom. The summed E-state index contributed by atoms with van der Waals surface area (Å²) in [6.07, 6.45) is 0.588. The van der Waals surface area contributed by atoms with Crippen LogP contribution in [-0.2, 0) is 4.79 Å². The summed E-state index contributed by atoms with van der Waals surface area (Å²) in [5.41, 5.74) is 8.56. The Hall–Kier alpha value is -2.31. The topological polar surface area (TPSA) is 105 Å². The van der Waals surface area contributed by atoms with Crippen LogP contribution < -0.4 is 16.2 Å². The van der Waals surface area contributed by atoms with Gasteiger partial charge in [-0.15, -0.1) is 0 Å². The molecule has 6 N–H and O–H groups in total. The Labute approximate surface area is 121 Å². The van der Waals surface area contributed by atoms with E-state index in [1.165, 1.54) is 0 Å². The maximum absolute atomic E-state index is 10.5. The Kier molecular flexibility index (Phi) is 4.39. The van der Waals surface area contributed by atoms with Crippen molar-refractivity contribution in [1.29, 1.82) is 5.41 Å². The summed E-state index contributed by atoms with van der Waals surface area (Å²) in [6, 6.07) is 12.4. The van der Waals surface area contributed by atoms with Crippen molar-refractivity contribution in [1.82, 2.24) is 0 Å². The molecular weight excluding hydrogens is 272 g/mol. The molecule has 2 aromatic rings. The average molecular weight is 286 g/mol. The summed E-state index contributed by atoms with van der Waals surface area (Å²) in [5.74, 6) is 0. The molecule has 5 nitrogen and oxygen atoms in total. The molecule has 0 aliphatic carbocycles. The number of carbonyl (C=O) groups excluding carboxylic acids is 1. The summed E-state index contributed by atoms with van der Waals surface area (Å²) in [7, 11) is 0. The van der Waals surface area contributed by atoms with E-state index in [4.69, 9.17) is 16.3 Å². The fourth-order valence-electron chi connectivity index (χ4n) is 1.81. The molecule has 102 valence electrons. The van der Waals surface area contributed by atoms with Gasteiger partial charge in [0.1, 0.15) is 0 Å². The maximum Gasteiger partial charge on any atom is 0.211 e. The third kappa shape index (κ3) is 2.98. The molecule has 1 amide bonds. The molecule has 0 aliphatic rings. The van der Waals surface area contributed by atoms with Crippen LogP contribution in [0.25, 0.3) is 0 Å². The van der Waals surface area contributed by atoms with E-state index < -0.39 is 0 Å². The molecule has 20 heavy (non-hydrogen) atoms. The molecule has 0 radical (unpaired) electrons. The number of nitrogen functional groups attached to an aromatic ring is 1. The van der Waals surface area contributed by atoms with Crippen LogP contribution in [0.5, 0.6) is 0 Å². The van der Waals surface area contributed by atoms with Crippen LogP contribution in [0.2, 0.25) is 0 Å². The third-order valence-corrected chi connectivity index (χ3v) is 3.33. The van der Waals surface area contributed by atoms with Crippen molar-refractivity contribution in [3.63, 3.8) is 0 Å². The molecule has 0 saturated heterocycles. The van der Waals surface area contributed by atoms with Gasteiger partial charge < -0.3 is 11.1 Å². The van der Waals surface area contributed by atoms with E-state index in [1.807, 2.05) is 24.3 Å². The van der Waals surface area contributed by atoms with Gasteiger partial charge in [0.15, 0.2) is 0 Å². The number of hydrogen-bond acceptors (Lipinski definition) is 5. The highest BCUT2D eigenvalue weighted by Crippen LogP contribution is 2.22. The second kappa shape index (κ2) is 6.23. The molecule has 2 rings (SSSR count). The van der Waals surface area contributed by atoms with Crippen LogP contribution in [-0.4, -0.2) is 12.1 Å². The van der Waals surface area contributed by atoms with Crippen molar-refractivity contribution >= 4 is 35.4 Å². The SMILES string of the molecule is N=C(c1cccc(SN)c1)c1cc(NC=O)ccc1N. The second-order valence-corrected chi connectivity index (χ2v) is 4.79. The molecule has 0 fully saturated rings. The van der Waals surface area contributed by atoms with Crippen LogP contribution in [0.3, 0.4) is 0 Å². The fourth-order valence-corrected chi connectivity index (χ4v) is 2.16. The molecule has 0 heterocycles. The molecule has 2 aromatic carbocycles. The number of amides is 1. The second-order valence-electron chi connectivity index (χ2n) is 4.08. The largest absolute Gasteiger partial charge is 0.398 e. The van der Waals surface area contributed by atoms with Crippen LogP contribution in [0, 0.1) is 5.41 Å². The number of carbonyl (C=O) groups is 1. The van der Waals surface area contributed by atoms with E-state index in [1.54, 1.807) is 18.2 Å². The smallest absolute Gasteiger partial charge is 0.211 e. The monoisotopic (exact) mass is 286 g/mol. The molecule has 0 spiro atoms. The summed E-state index contributed by atoms with van der Waals surface area (Å²) >= 11 is 1.12. The van der Waals surface area contributed by atoms with E-state index in [2.05, 4.69) is 5.32 Å².